The van der Waals surface area contributed by atoms with Crippen molar-refractivity contribution in [3.63, 3.8) is 0 Å². The number of morpholine rings is 1. The van der Waals surface area contributed by atoms with Gasteiger partial charge in [0, 0.05) is 19.1 Å². The van der Waals surface area contributed by atoms with Crippen molar-refractivity contribution in [1.82, 2.24) is 10.2 Å². The maximum absolute atomic E-state index is 5.54. The lowest BCUT2D eigenvalue weighted by Crippen LogP contribution is -2.44. The van der Waals surface area contributed by atoms with Crippen molar-refractivity contribution in [1.29, 1.82) is 0 Å². The first-order valence-corrected chi connectivity index (χ1v) is 7.93. The summed E-state index contributed by atoms with van der Waals surface area (Å²) in [5.74, 6) is 0.775. The van der Waals surface area contributed by atoms with Crippen molar-refractivity contribution >= 4 is 0 Å². The van der Waals surface area contributed by atoms with Gasteiger partial charge in [0.1, 0.15) is 0 Å². The first-order chi connectivity index (χ1) is 9.84. The molecule has 0 amide bonds. The summed E-state index contributed by atoms with van der Waals surface area (Å²) in [4.78, 5) is 2.64. The van der Waals surface area contributed by atoms with Gasteiger partial charge in [-0.25, -0.2) is 0 Å². The summed E-state index contributed by atoms with van der Waals surface area (Å²) in [6.45, 7) is 8.40. The Bertz CT molecular complexity index is 388. The summed E-state index contributed by atoms with van der Waals surface area (Å²) >= 11 is 0. The topological polar surface area (TPSA) is 24.5 Å². The largest absolute Gasteiger partial charge is 0.379 e. The summed E-state index contributed by atoms with van der Waals surface area (Å²) in [6, 6.07) is 9.74. The predicted molar refractivity (Wildman–Crippen MR) is 81.9 cm³/mol. The number of nitrogens with zero attached hydrogens (tertiary/aromatic N) is 1. The Kier molecular flexibility index (Phi) is 4.71. The minimum atomic E-state index is 0.571. The molecule has 3 nitrogen and oxygen atoms in total. The average molecular weight is 274 g/mol. The minimum absolute atomic E-state index is 0.571. The monoisotopic (exact) mass is 274 g/mol. The number of ether oxygens (including phenoxy) is 1. The van der Waals surface area contributed by atoms with Crippen LogP contribution in [0.4, 0.5) is 0 Å². The minimum Gasteiger partial charge on any atom is -0.379 e. The zero-order valence-electron chi connectivity index (χ0n) is 12.5. The molecule has 2 saturated heterocycles. The fourth-order valence-corrected chi connectivity index (χ4v) is 3.56. The molecule has 20 heavy (non-hydrogen) atoms. The van der Waals surface area contributed by atoms with E-state index in [0.717, 1.165) is 45.3 Å². The molecule has 1 aromatic carbocycles. The molecule has 0 bridgehead atoms. The van der Waals surface area contributed by atoms with Gasteiger partial charge < -0.3 is 10.1 Å². The highest BCUT2D eigenvalue weighted by molar-refractivity contribution is 5.25. The van der Waals surface area contributed by atoms with Crippen molar-refractivity contribution in [3.8, 4) is 0 Å². The molecule has 2 aliphatic heterocycles. The average Bonchev–Trinajstić information content (AvgIpc) is 2.52. The zero-order valence-corrected chi connectivity index (χ0v) is 12.5. The van der Waals surface area contributed by atoms with Gasteiger partial charge in [-0.2, -0.15) is 0 Å². The number of aryl methyl sites for hydroxylation is 1. The van der Waals surface area contributed by atoms with Gasteiger partial charge in [-0.15, -0.1) is 0 Å². The third-order valence-corrected chi connectivity index (χ3v) is 4.69. The van der Waals surface area contributed by atoms with Crippen LogP contribution in [0, 0.1) is 12.8 Å². The highest BCUT2D eigenvalue weighted by atomic mass is 16.5. The number of nitrogens with one attached hydrogen (secondary N) is 1. The molecule has 0 saturated carbocycles. The third kappa shape index (κ3) is 3.22. The van der Waals surface area contributed by atoms with Crippen molar-refractivity contribution in [2.24, 2.45) is 5.92 Å². The molecular weight excluding hydrogens is 248 g/mol. The van der Waals surface area contributed by atoms with E-state index in [0.29, 0.717) is 6.04 Å². The van der Waals surface area contributed by atoms with E-state index in [1.807, 2.05) is 0 Å². The molecule has 110 valence electrons. The normalized spacial score (nSPS) is 23.6. The molecule has 1 atom stereocenters. The molecule has 0 radical (unpaired) electrons. The second kappa shape index (κ2) is 6.70. The molecule has 2 heterocycles. The molecule has 2 aliphatic rings. The standard InChI is InChI=1S/C17H26N2O/c1-14-2-4-15(5-3-14)17(16-6-8-18-9-7-16)19-10-12-20-13-11-19/h2-5,16-18H,6-13H2,1H3. The Morgan fingerprint density at radius 3 is 2.40 bits per heavy atom. The van der Waals surface area contributed by atoms with E-state index in [9.17, 15) is 0 Å². The number of benzene rings is 1. The Hall–Kier alpha value is -0.900. The Morgan fingerprint density at radius 1 is 1.10 bits per heavy atom. The van der Waals surface area contributed by atoms with Crippen LogP contribution in [0.1, 0.15) is 30.0 Å². The lowest BCUT2D eigenvalue weighted by atomic mass is 9.84. The molecule has 1 unspecified atom stereocenters. The number of hydrogen-bond donors (Lipinski definition) is 1. The predicted octanol–water partition coefficient (Wildman–Crippen LogP) is 2.37. The number of piperidine rings is 1. The van der Waals surface area contributed by atoms with Crippen molar-refractivity contribution < 1.29 is 4.74 Å². The third-order valence-electron chi connectivity index (χ3n) is 4.69. The second-order valence-electron chi connectivity index (χ2n) is 6.09. The van der Waals surface area contributed by atoms with Gasteiger partial charge in [-0.05, 0) is 44.3 Å². The van der Waals surface area contributed by atoms with Crippen LogP contribution in [-0.2, 0) is 4.74 Å². The van der Waals surface area contributed by atoms with Crippen LogP contribution < -0.4 is 5.32 Å². The van der Waals surface area contributed by atoms with Gasteiger partial charge in [0.15, 0.2) is 0 Å². The molecule has 3 heteroatoms. The van der Waals surface area contributed by atoms with Crippen molar-refractivity contribution in [2.45, 2.75) is 25.8 Å². The summed E-state index contributed by atoms with van der Waals surface area (Å²) in [6.07, 6.45) is 2.58. The maximum atomic E-state index is 5.54. The summed E-state index contributed by atoms with van der Waals surface area (Å²) in [7, 11) is 0. The van der Waals surface area contributed by atoms with Gasteiger partial charge in [0.2, 0.25) is 0 Å². The number of rotatable bonds is 3. The van der Waals surface area contributed by atoms with Crippen LogP contribution in [0.25, 0.3) is 0 Å². The highest BCUT2D eigenvalue weighted by Crippen LogP contribution is 2.34. The van der Waals surface area contributed by atoms with Crippen molar-refractivity contribution in [3.05, 3.63) is 35.4 Å². The van der Waals surface area contributed by atoms with Gasteiger partial charge in [0.05, 0.1) is 13.2 Å². The van der Waals surface area contributed by atoms with E-state index < -0.39 is 0 Å². The van der Waals surface area contributed by atoms with E-state index in [-0.39, 0.29) is 0 Å². The van der Waals surface area contributed by atoms with Gasteiger partial charge in [0.25, 0.3) is 0 Å². The smallest absolute Gasteiger partial charge is 0.0594 e. The molecule has 0 spiro atoms. The molecule has 1 aromatic rings. The molecular formula is C17H26N2O. The van der Waals surface area contributed by atoms with E-state index in [1.54, 1.807) is 0 Å². The zero-order chi connectivity index (χ0) is 13.8. The second-order valence-corrected chi connectivity index (χ2v) is 6.09. The van der Waals surface area contributed by atoms with E-state index in [4.69, 9.17) is 4.74 Å². The quantitative estimate of drug-likeness (QED) is 0.916. The summed E-state index contributed by atoms with van der Waals surface area (Å²) in [5.41, 5.74) is 2.84. The summed E-state index contributed by atoms with van der Waals surface area (Å²) < 4.78 is 5.54. The lowest BCUT2D eigenvalue weighted by Gasteiger charge is -2.41. The van der Waals surface area contributed by atoms with E-state index in [2.05, 4.69) is 41.4 Å². The van der Waals surface area contributed by atoms with Crippen LogP contribution in [0.15, 0.2) is 24.3 Å². The van der Waals surface area contributed by atoms with Crippen LogP contribution >= 0.6 is 0 Å². The van der Waals surface area contributed by atoms with Gasteiger partial charge in [-0.3, -0.25) is 4.90 Å². The summed E-state index contributed by atoms with van der Waals surface area (Å²) in [5, 5.41) is 3.49. The van der Waals surface area contributed by atoms with Gasteiger partial charge in [-0.1, -0.05) is 29.8 Å². The molecule has 3 rings (SSSR count). The van der Waals surface area contributed by atoms with E-state index >= 15 is 0 Å². The fraction of sp³-hybridized carbons (Fsp3) is 0.647. The van der Waals surface area contributed by atoms with Crippen LogP contribution in [0.5, 0.6) is 0 Å². The van der Waals surface area contributed by atoms with Crippen molar-refractivity contribution in [2.75, 3.05) is 39.4 Å². The van der Waals surface area contributed by atoms with E-state index in [1.165, 1.54) is 24.0 Å². The van der Waals surface area contributed by atoms with Crippen LogP contribution in [0.3, 0.4) is 0 Å². The Labute approximate surface area is 122 Å². The fourth-order valence-electron chi connectivity index (χ4n) is 3.56. The Balaban J connectivity index is 1.83. The molecule has 0 aliphatic carbocycles. The highest BCUT2D eigenvalue weighted by Gasteiger charge is 2.30. The van der Waals surface area contributed by atoms with Gasteiger partial charge >= 0.3 is 0 Å². The lowest BCUT2D eigenvalue weighted by molar-refractivity contribution is -0.00218. The van der Waals surface area contributed by atoms with Crippen LogP contribution in [0.2, 0.25) is 0 Å². The van der Waals surface area contributed by atoms with Crippen LogP contribution in [-0.4, -0.2) is 44.3 Å². The molecule has 1 N–H and O–H groups in total. The first kappa shape index (κ1) is 14.1. The molecule has 2 fully saturated rings. The Morgan fingerprint density at radius 2 is 1.75 bits per heavy atom. The maximum Gasteiger partial charge on any atom is 0.0594 e. The molecule has 0 aromatic heterocycles. The first-order valence-electron chi connectivity index (χ1n) is 7.93. The SMILES string of the molecule is Cc1ccc(C(C2CCNCC2)N2CCOCC2)cc1. The number of hydrogen-bond acceptors (Lipinski definition) is 3.